The Hall–Kier alpha value is -1.15. The highest BCUT2D eigenvalue weighted by molar-refractivity contribution is 5.80. The first-order valence-electron chi connectivity index (χ1n) is 22.6. The van der Waals surface area contributed by atoms with E-state index in [2.05, 4.69) is 31.3 Å². The van der Waals surface area contributed by atoms with Gasteiger partial charge in [0.15, 0.2) is 6.29 Å². The van der Waals surface area contributed by atoms with Gasteiger partial charge >= 0.3 is 0 Å². The Morgan fingerprint density at radius 3 is 1.53 bits per heavy atom. The fraction of sp³-hybridized carbons (Fsp3) is 0.932. The first-order chi connectivity index (χ1) is 26.7. The van der Waals surface area contributed by atoms with E-state index in [1.54, 1.807) is 0 Å². The molecule has 11 nitrogen and oxygen atoms in total. The number of rotatable bonds is 37. The summed E-state index contributed by atoms with van der Waals surface area (Å²) < 4.78 is 11.0. The summed E-state index contributed by atoms with van der Waals surface area (Å²) in [7, 11) is 0. The van der Waals surface area contributed by atoms with Gasteiger partial charge in [0.2, 0.25) is 5.91 Å². The molecular formula is C44H85NO10. The molecule has 1 rings (SSSR count). The Morgan fingerprint density at radius 1 is 0.618 bits per heavy atom. The van der Waals surface area contributed by atoms with Crippen molar-refractivity contribution in [2.45, 2.75) is 249 Å². The van der Waals surface area contributed by atoms with Crippen molar-refractivity contribution in [1.29, 1.82) is 0 Å². The lowest BCUT2D eigenvalue weighted by molar-refractivity contribution is -0.303. The normalized spacial score (nSPS) is 22.5. The standard InChI is InChI=1S/C44H85NO10/c1-3-5-7-9-11-13-14-15-16-17-18-19-20-21-22-23-24-26-28-30-32-37(48)43(53)45-35(34-54-44-42(52)41(51)40(50)38(33-46)55-44)39(49)36(47)31-29-27-25-12-10-8-6-4-2/h19-20,35-42,44,46-52H,3-18,21-34H2,1-2H3,(H,45,53)/b20-19-. The molecule has 0 radical (unpaired) electrons. The number of unbranched alkanes of at least 4 members (excludes halogenated alkanes) is 23. The molecule has 1 amide bonds. The van der Waals surface area contributed by atoms with Crippen LogP contribution in [0.4, 0.5) is 0 Å². The number of ether oxygens (including phenoxy) is 2. The molecule has 9 unspecified atom stereocenters. The Kier molecular flexibility index (Phi) is 32.9. The SMILES string of the molecule is CCCCCCCCCCCC/C=C\CCCCCCCCC(O)C(=O)NC(COC1OC(CO)C(O)C(O)C1O)C(O)C(O)CCCCCCCCCC. The minimum absolute atomic E-state index is 0.255. The molecule has 1 aliphatic rings. The lowest BCUT2D eigenvalue weighted by Crippen LogP contribution is -2.60. The summed E-state index contributed by atoms with van der Waals surface area (Å²) in [5, 5.41) is 75.3. The molecule has 1 aliphatic heterocycles. The second kappa shape index (κ2) is 34.9. The molecule has 326 valence electrons. The fourth-order valence-electron chi connectivity index (χ4n) is 7.26. The maximum absolute atomic E-state index is 13.0. The second-order valence-corrected chi connectivity index (χ2v) is 16.1. The molecule has 0 bridgehead atoms. The fourth-order valence-corrected chi connectivity index (χ4v) is 7.26. The van der Waals surface area contributed by atoms with Crippen molar-refractivity contribution in [3.05, 3.63) is 12.2 Å². The van der Waals surface area contributed by atoms with Crippen LogP contribution in [0.25, 0.3) is 0 Å². The number of carbonyl (C=O) groups excluding carboxylic acids is 1. The van der Waals surface area contributed by atoms with Gasteiger partial charge in [-0.25, -0.2) is 0 Å². The van der Waals surface area contributed by atoms with E-state index in [1.165, 1.54) is 103 Å². The quantitative estimate of drug-likeness (QED) is 0.0243. The van der Waals surface area contributed by atoms with Crippen LogP contribution in [0.3, 0.4) is 0 Å². The number of hydrogen-bond donors (Lipinski definition) is 8. The van der Waals surface area contributed by atoms with Gasteiger partial charge in [-0.15, -0.1) is 0 Å². The van der Waals surface area contributed by atoms with Crippen molar-refractivity contribution in [2.75, 3.05) is 13.2 Å². The molecule has 0 aromatic carbocycles. The molecule has 0 saturated carbocycles. The molecular weight excluding hydrogens is 702 g/mol. The number of hydrogen-bond acceptors (Lipinski definition) is 10. The number of amides is 1. The van der Waals surface area contributed by atoms with E-state index in [9.17, 15) is 40.5 Å². The highest BCUT2D eigenvalue weighted by atomic mass is 16.7. The van der Waals surface area contributed by atoms with Crippen molar-refractivity contribution in [3.63, 3.8) is 0 Å². The maximum Gasteiger partial charge on any atom is 0.249 e. The molecule has 1 fully saturated rings. The van der Waals surface area contributed by atoms with Crippen LogP contribution in [0, 0.1) is 0 Å². The topological polar surface area (TPSA) is 189 Å². The summed E-state index contributed by atoms with van der Waals surface area (Å²) >= 11 is 0. The van der Waals surface area contributed by atoms with Crippen molar-refractivity contribution in [2.24, 2.45) is 0 Å². The summed E-state index contributed by atoms with van der Waals surface area (Å²) in [6.45, 7) is 3.39. The first-order valence-corrected chi connectivity index (χ1v) is 22.6. The van der Waals surface area contributed by atoms with Crippen LogP contribution >= 0.6 is 0 Å². The molecule has 1 heterocycles. The summed E-state index contributed by atoms with van der Waals surface area (Å²) in [6, 6.07) is -1.16. The largest absolute Gasteiger partial charge is 0.394 e. The Bertz CT molecular complexity index is 908. The smallest absolute Gasteiger partial charge is 0.249 e. The predicted molar refractivity (Wildman–Crippen MR) is 219 cm³/mol. The molecule has 0 spiro atoms. The molecule has 0 aliphatic carbocycles. The molecule has 55 heavy (non-hydrogen) atoms. The third-order valence-electron chi connectivity index (χ3n) is 11.1. The highest BCUT2D eigenvalue weighted by Crippen LogP contribution is 2.23. The van der Waals surface area contributed by atoms with Crippen LogP contribution < -0.4 is 5.32 Å². The molecule has 0 aromatic heterocycles. The van der Waals surface area contributed by atoms with E-state index in [0.29, 0.717) is 19.3 Å². The monoisotopic (exact) mass is 788 g/mol. The zero-order valence-corrected chi connectivity index (χ0v) is 34.9. The average Bonchev–Trinajstić information content (AvgIpc) is 3.18. The maximum atomic E-state index is 13.0. The van der Waals surface area contributed by atoms with Gasteiger partial charge < -0.3 is 50.5 Å². The van der Waals surface area contributed by atoms with E-state index in [1.807, 2.05) is 0 Å². The van der Waals surface area contributed by atoms with Crippen molar-refractivity contribution < 1.29 is 50.0 Å². The van der Waals surface area contributed by atoms with Crippen LogP contribution in [-0.2, 0) is 14.3 Å². The predicted octanol–water partition coefficient (Wildman–Crippen LogP) is 6.89. The van der Waals surface area contributed by atoms with E-state index in [4.69, 9.17) is 9.47 Å². The summed E-state index contributed by atoms with van der Waals surface area (Å²) in [5.74, 6) is -0.703. The summed E-state index contributed by atoms with van der Waals surface area (Å²) in [5.41, 5.74) is 0. The molecule has 1 saturated heterocycles. The van der Waals surface area contributed by atoms with Crippen molar-refractivity contribution in [1.82, 2.24) is 5.32 Å². The van der Waals surface area contributed by atoms with Gasteiger partial charge in [0.05, 0.1) is 25.4 Å². The Morgan fingerprint density at radius 2 is 1.05 bits per heavy atom. The minimum Gasteiger partial charge on any atom is -0.394 e. The Balaban J connectivity index is 2.39. The van der Waals surface area contributed by atoms with Crippen LogP contribution in [0.2, 0.25) is 0 Å². The van der Waals surface area contributed by atoms with Gasteiger partial charge in [0.25, 0.3) is 0 Å². The summed E-state index contributed by atoms with van der Waals surface area (Å²) in [4.78, 5) is 13.0. The van der Waals surface area contributed by atoms with E-state index in [0.717, 1.165) is 51.4 Å². The lowest BCUT2D eigenvalue weighted by Gasteiger charge is -2.40. The second-order valence-electron chi connectivity index (χ2n) is 16.1. The van der Waals surface area contributed by atoms with Gasteiger partial charge in [0.1, 0.15) is 36.6 Å². The summed E-state index contributed by atoms with van der Waals surface area (Å²) in [6.07, 6.45) is 24.3. The van der Waals surface area contributed by atoms with Crippen molar-refractivity contribution >= 4 is 5.91 Å². The molecule has 11 heteroatoms. The molecule has 0 aromatic rings. The number of allylic oxidation sites excluding steroid dienone is 2. The third-order valence-corrected chi connectivity index (χ3v) is 11.1. The first kappa shape index (κ1) is 51.9. The van der Waals surface area contributed by atoms with E-state index in [-0.39, 0.29) is 6.42 Å². The zero-order chi connectivity index (χ0) is 40.5. The number of aliphatic hydroxyl groups is 7. The van der Waals surface area contributed by atoms with E-state index < -0.39 is 74.2 Å². The highest BCUT2D eigenvalue weighted by Gasteiger charge is 2.44. The van der Waals surface area contributed by atoms with Crippen LogP contribution in [0.15, 0.2) is 12.2 Å². The van der Waals surface area contributed by atoms with Gasteiger partial charge in [-0.3, -0.25) is 4.79 Å². The van der Waals surface area contributed by atoms with Gasteiger partial charge in [-0.1, -0.05) is 167 Å². The van der Waals surface area contributed by atoms with Crippen LogP contribution in [0.1, 0.15) is 194 Å². The lowest BCUT2D eigenvalue weighted by atomic mass is 9.98. The minimum atomic E-state index is -1.66. The van der Waals surface area contributed by atoms with Crippen molar-refractivity contribution in [3.8, 4) is 0 Å². The molecule has 9 atom stereocenters. The zero-order valence-electron chi connectivity index (χ0n) is 34.9. The van der Waals surface area contributed by atoms with Crippen LogP contribution in [-0.4, -0.2) is 110 Å². The third kappa shape index (κ3) is 25.1. The Labute approximate surface area is 334 Å². The van der Waals surface area contributed by atoms with Crippen LogP contribution in [0.5, 0.6) is 0 Å². The van der Waals surface area contributed by atoms with Gasteiger partial charge in [0, 0.05) is 0 Å². The average molecular weight is 788 g/mol. The molecule has 8 N–H and O–H groups in total. The van der Waals surface area contributed by atoms with E-state index >= 15 is 0 Å². The number of carbonyl (C=O) groups is 1. The number of aliphatic hydroxyl groups excluding tert-OH is 7. The van der Waals surface area contributed by atoms with Gasteiger partial charge in [-0.05, 0) is 38.5 Å². The van der Waals surface area contributed by atoms with Gasteiger partial charge in [-0.2, -0.15) is 0 Å². The number of nitrogens with one attached hydrogen (secondary N) is 1.